The Labute approximate surface area is 168 Å². The number of carbonyl (C=O) groups excluding carboxylic acids is 1. The molecule has 1 saturated heterocycles. The average molecular weight is 406 g/mol. The zero-order chi connectivity index (χ0) is 19.1. The van der Waals surface area contributed by atoms with Crippen LogP contribution in [0.3, 0.4) is 0 Å². The third-order valence-electron chi connectivity index (χ3n) is 5.74. The Morgan fingerprint density at radius 2 is 2.11 bits per heavy atom. The Bertz CT molecular complexity index is 927. The molecule has 27 heavy (non-hydrogen) atoms. The molecular formula is C20H27N3O2S2. The maximum absolute atomic E-state index is 13.2. The van der Waals surface area contributed by atoms with Crippen molar-refractivity contribution in [3.05, 3.63) is 20.8 Å². The van der Waals surface area contributed by atoms with Gasteiger partial charge in [-0.25, -0.2) is 4.98 Å². The molecule has 0 saturated carbocycles. The van der Waals surface area contributed by atoms with Crippen molar-refractivity contribution in [2.45, 2.75) is 69.8 Å². The maximum atomic E-state index is 13.2. The average Bonchev–Trinajstić information content (AvgIpc) is 3.28. The molecule has 0 radical (unpaired) electrons. The van der Waals surface area contributed by atoms with Crippen LogP contribution in [0.1, 0.15) is 50.5 Å². The van der Waals surface area contributed by atoms with Crippen LogP contribution in [0.5, 0.6) is 0 Å². The minimum absolute atomic E-state index is 0.0675. The van der Waals surface area contributed by atoms with Crippen LogP contribution in [0.2, 0.25) is 0 Å². The van der Waals surface area contributed by atoms with Crippen LogP contribution in [-0.2, 0) is 24.2 Å². The Hall–Kier alpha value is -1.34. The van der Waals surface area contributed by atoms with Gasteiger partial charge in [0.25, 0.3) is 5.56 Å². The summed E-state index contributed by atoms with van der Waals surface area (Å²) in [6.07, 6.45) is 5.35. The van der Waals surface area contributed by atoms with Crippen molar-refractivity contribution in [2.24, 2.45) is 5.92 Å². The molecule has 2 aromatic heterocycles. The first-order valence-corrected chi connectivity index (χ1v) is 11.7. The van der Waals surface area contributed by atoms with Gasteiger partial charge in [-0.05, 0) is 57.4 Å². The minimum atomic E-state index is -0.222. The van der Waals surface area contributed by atoms with Crippen molar-refractivity contribution < 1.29 is 4.79 Å². The molecule has 2 atom stereocenters. The number of thioether (sulfide) groups is 1. The number of aryl methyl sites for hydroxylation is 1. The molecule has 0 aromatic carbocycles. The molecule has 0 N–H and O–H groups in total. The van der Waals surface area contributed by atoms with E-state index >= 15 is 0 Å². The Morgan fingerprint density at radius 3 is 2.81 bits per heavy atom. The van der Waals surface area contributed by atoms with Crippen molar-refractivity contribution in [1.29, 1.82) is 0 Å². The van der Waals surface area contributed by atoms with Gasteiger partial charge in [0.05, 0.1) is 10.6 Å². The number of fused-ring (bicyclic) bond motifs is 3. The molecule has 0 unspecified atom stereocenters. The van der Waals surface area contributed by atoms with Crippen LogP contribution in [-0.4, -0.2) is 38.7 Å². The molecule has 2 aliphatic rings. The monoisotopic (exact) mass is 405 g/mol. The lowest BCUT2D eigenvalue weighted by atomic mass is 9.89. The molecular weight excluding hydrogens is 378 g/mol. The van der Waals surface area contributed by atoms with Crippen molar-refractivity contribution >= 4 is 39.2 Å². The molecule has 146 valence electrons. The minimum Gasteiger partial charge on any atom is -0.342 e. The highest BCUT2D eigenvalue weighted by Crippen LogP contribution is 2.37. The Balaban J connectivity index is 1.70. The second kappa shape index (κ2) is 7.59. The topological polar surface area (TPSA) is 55.2 Å². The Kier molecular flexibility index (Phi) is 5.34. The number of thiophene rings is 1. The molecule has 3 heterocycles. The molecule has 7 heteroatoms. The van der Waals surface area contributed by atoms with Gasteiger partial charge in [-0.15, -0.1) is 11.3 Å². The van der Waals surface area contributed by atoms with Gasteiger partial charge >= 0.3 is 0 Å². The lowest BCUT2D eigenvalue weighted by Crippen LogP contribution is -2.34. The number of nitrogens with zero attached hydrogens (tertiary/aromatic N) is 3. The number of hydrogen-bond donors (Lipinski definition) is 0. The van der Waals surface area contributed by atoms with Gasteiger partial charge in [0.2, 0.25) is 5.91 Å². The predicted molar refractivity (Wildman–Crippen MR) is 112 cm³/mol. The zero-order valence-electron chi connectivity index (χ0n) is 16.3. The molecule has 1 aliphatic heterocycles. The fourth-order valence-electron chi connectivity index (χ4n) is 4.18. The maximum Gasteiger partial charge on any atom is 0.263 e. The first-order chi connectivity index (χ1) is 13.0. The quantitative estimate of drug-likeness (QED) is 0.575. The SMILES string of the molecule is CCn1c(S[C@@H](C)C(=O)N2CCCC2)nc2sc3c(c2c1=O)CC[C@@H](C)C3. The largest absolute Gasteiger partial charge is 0.342 e. The van der Waals surface area contributed by atoms with Crippen LogP contribution < -0.4 is 5.56 Å². The summed E-state index contributed by atoms with van der Waals surface area (Å²) in [5.41, 5.74) is 1.29. The smallest absolute Gasteiger partial charge is 0.263 e. The first kappa shape index (κ1) is 19.0. The van der Waals surface area contributed by atoms with Gasteiger partial charge in [0.1, 0.15) is 4.83 Å². The van der Waals surface area contributed by atoms with Crippen LogP contribution in [0, 0.1) is 5.92 Å². The van der Waals surface area contributed by atoms with Gasteiger partial charge in [0, 0.05) is 24.5 Å². The lowest BCUT2D eigenvalue weighted by Gasteiger charge is -2.20. The molecule has 2 aromatic rings. The van der Waals surface area contributed by atoms with E-state index in [1.807, 2.05) is 18.7 Å². The summed E-state index contributed by atoms with van der Waals surface area (Å²) < 4.78 is 1.76. The van der Waals surface area contributed by atoms with E-state index in [0.717, 1.165) is 55.4 Å². The first-order valence-electron chi connectivity index (χ1n) is 10.00. The van der Waals surface area contributed by atoms with Crippen LogP contribution in [0.25, 0.3) is 10.2 Å². The summed E-state index contributed by atoms with van der Waals surface area (Å²) in [6.45, 7) is 8.47. The van der Waals surface area contributed by atoms with Crippen molar-refractivity contribution in [3.8, 4) is 0 Å². The number of rotatable bonds is 4. The van der Waals surface area contributed by atoms with Gasteiger partial charge in [-0.1, -0.05) is 18.7 Å². The summed E-state index contributed by atoms with van der Waals surface area (Å²) in [7, 11) is 0. The van der Waals surface area contributed by atoms with E-state index in [1.165, 1.54) is 22.2 Å². The highest BCUT2D eigenvalue weighted by atomic mass is 32.2. The molecule has 0 spiro atoms. The van der Waals surface area contributed by atoms with Crippen molar-refractivity contribution in [2.75, 3.05) is 13.1 Å². The van der Waals surface area contributed by atoms with E-state index in [9.17, 15) is 9.59 Å². The second-order valence-corrected chi connectivity index (χ2v) is 10.2. The molecule has 1 fully saturated rings. The van der Waals surface area contributed by atoms with Crippen LogP contribution in [0.4, 0.5) is 0 Å². The predicted octanol–water partition coefficient (Wildman–Crippen LogP) is 3.71. The number of likely N-dealkylation sites (tertiary alicyclic amines) is 1. The molecule has 1 aliphatic carbocycles. The Morgan fingerprint density at radius 1 is 1.37 bits per heavy atom. The van der Waals surface area contributed by atoms with Gasteiger partial charge < -0.3 is 4.90 Å². The normalized spacial score (nSPS) is 20.9. The zero-order valence-corrected chi connectivity index (χ0v) is 17.9. The molecule has 4 rings (SSSR count). The standard InChI is InChI=1S/C20H27N3O2S2/c1-4-23-19(25)16-14-8-7-12(2)11-15(14)27-17(16)21-20(23)26-13(3)18(24)22-9-5-6-10-22/h12-13H,4-11H2,1-3H3/t12-,13+/m1/s1. The fourth-order valence-corrected chi connectivity index (χ4v) is 6.66. The number of aromatic nitrogens is 2. The van der Waals surface area contributed by atoms with E-state index < -0.39 is 0 Å². The lowest BCUT2D eigenvalue weighted by molar-refractivity contribution is -0.129. The van der Waals surface area contributed by atoms with Gasteiger partial charge in [0.15, 0.2) is 5.16 Å². The van der Waals surface area contributed by atoms with Crippen molar-refractivity contribution in [1.82, 2.24) is 14.5 Å². The summed E-state index contributed by atoms with van der Waals surface area (Å²) in [6, 6.07) is 0. The highest BCUT2D eigenvalue weighted by Gasteiger charge is 2.28. The number of amides is 1. The molecule has 5 nitrogen and oxygen atoms in total. The van der Waals surface area contributed by atoms with Crippen LogP contribution >= 0.6 is 23.1 Å². The molecule has 1 amide bonds. The van der Waals surface area contributed by atoms with E-state index in [-0.39, 0.29) is 16.7 Å². The summed E-state index contributed by atoms with van der Waals surface area (Å²) in [5, 5.41) is 1.29. The summed E-state index contributed by atoms with van der Waals surface area (Å²) in [5.74, 6) is 0.833. The van der Waals surface area contributed by atoms with Gasteiger partial charge in [-0.2, -0.15) is 0 Å². The van der Waals surface area contributed by atoms with E-state index in [1.54, 1.807) is 15.9 Å². The van der Waals surface area contributed by atoms with Crippen molar-refractivity contribution in [3.63, 3.8) is 0 Å². The van der Waals surface area contributed by atoms with E-state index in [0.29, 0.717) is 17.6 Å². The fraction of sp³-hybridized carbons (Fsp3) is 0.650. The third kappa shape index (κ3) is 3.44. The summed E-state index contributed by atoms with van der Waals surface area (Å²) >= 11 is 3.11. The molecule has 0 bridgehead atoms. The number of carbonyl (C=O) groups is 1. The second-order valence-electron chi connectivity index (χ2n) is 7.77. The third-order valence-corrected chi connectivity index (χ3v) is 7.97. The highest BCUT2D eigenvalue weighted by molar-refractivity contribution is 8.00. The summed E-state index contributed by atoms with van der Waals surface area (Å²) in [4.78, 5) is 34.9. The number of hydrogen-bond acceptors (Lipinski definition) is 5. The van der Waals surface area contributed by atoms with E-state index in [2.05, 4.69) is 6.92 Å². The van der Waals surface area contributed by atoms with Crippen LogP contribution in [0.15, 0.2) is 9.95 Å². The van der Waals surface area contributed by atoms with Gasteiger partial charge in [-0.3, -0.25) is 14.2 Å². The van der Waals surface area contributed by atoms with E-state index in [4.69, 9.17) is 4.98 Å².